The lowest BCUT2D eigenvalue weighted by Gasteiger charge is -2.15. The van der Waals surface area contributed by atoms with Gasteiger partial charge < -0.3 is 9.84 Å². The summed E-state index contributed by atoms with van der Waals surface area (Å²) in [6.45, 7) is 4.93. The van der Waals surface area contributed by atoms with Crippen molar-refractivity contribution in [3.05, 3.63) is 0 Å². The zero-order valence-corrected chi connectivity index (χ0v) is 11.4. The van der Waals surface area contributed by atoms with Gasteiger partial charge in [-0.1, -0.05) is 52.4 Å². The fourth-order valence-corrected chi connectivity index (χ4v) is 1.88. The van der Waals surface area contributed by atoms with Crippen LogP contribution in [0.2, 0.25) is 0 Å². The highest BCUT2D eigenvalue weighted by Gasteiger charge is 2.12. The molecule has 0 heterocycles. The van der Waals surface area contributed by atoms with Crippen LogP contribution in [0.5, 0.6) is 0 Å². The van der Waals surface area contributed by atoms with E-state index >= 15 is 0 Å². The van der Waals surface area contributed by atoms with Gasteiger partial charge in [-0.3, -0.25) is 4.79 Å². The molecule has 0 aromatic rings. The van der Waals surface area contributed by atoms with E-state index in [-0.39, 0.29) is 12.5 Å². The molecule has 0 aliphatic rings. The van der Waals surface area contributed by atoms with Gasteiger partial charge in [0.1, 0.15) is 0 Å². The van der Waals surface area contributed by atoms with Crippen LogP contribution in [-0.2, 0) is 9.53 Å². The number of carbonyl (C=O) groups is 1. The maximum absolute atomic E-state index is 10.7. The molecule has 0 bridgehead atoms. The zero-order valence-electron chi connectivity index (χ0n) is 11.4. The predicted octanol–water partition coefficient (Wildman–Crippen LogP) is 4.01. The molecule has 0 aliphatic heterocycles. The van der Waals surface area contributed by atoms with Crippen LogP contribution in [0, 0.1) is 0 Å². The third kappa shape index (κ3) is 11.7. The van der Waals surface area contributed by atoms with Crippen molar-refractivity contribution in [2.24, 2.45) is 0 Å². The molecule has 102 valence electrons. The summed E-state index contributed by atoms with van der Waals surface area (Å²) < 4.78 is 5.55. The Balaban J connectivity index is 3.56. The highest BCUT2D eigenvalue weighted by atomic mass is 16.5. The third-order valence-corrected chi connectivity index (χ3v) is 2.84. The monoisotopic (exact) mass is 244 g/mol. The van der Waals surface area contributed by atoms with Gasteiger partial charge in [-0.05, 0) is 12.8 Å². The molecule has 0 aliphatic carbocycles. The molecular weight excluding hydrogens is 216 g/mol. The van der Waals surface area contributed by atoms with E-state index in [4.69, 9.17) is 9.84 Å². The minimum absolute atomic E-state index is 0.0846. The smallest absolute Gasteiger partial charge is 0.305 e. The molecule has 3 nitrogen and oxygen atoms in total. The minimum atomic E-state index is -0.753. The quantitative estimate of drug-likeness (QED) is 0.528. The van der Waals surface area contributed by atoms with Crippen molar-refractivity contribution in [3.8, 4) is 0 Å². The second kappa shape index (κ2) is 11.9. The number of aliphatic carboxylic acids is 1. The van der Waals surface area contributed by atoms with Crippen molar-refractivity contribution in [3.63, 3.8) is 0 Å². The van der Waals surface area contributed by atoms with Gasteiger partial charge >= 0.3 is 5.97 Å². The van der Waals surface area contributed by atoms with E-state index in [2.05, 4.69) is 6.92 Å². The Morgan fingerprint density at radius 3 is 2.29 bits per heavy atom. The molecule has 17 heavy (non-hydrogen) atoms. The Bertz CT molecular complexity index is 180. The Morgan fingerprint density at radius 2 is 1.71 bits per heavy atom. The summed E-state index contributed by atoms with van der Waals surface area (Å²) in [7, 11) is 0. The summed E-state index contributed by atoms with van der Waals surface area (Å²) in [4.78, 5) is 10.7. The van der Waals surface area contributed by atoms with Crippen molar-refractivity contribution < 1.29 is 14.6 Å². The Kier molecular flexibility index (Phi) is 11.5. The SMILES string of the molecule is CCCCCCCCC(CC(=O)O)OCCC. The lowest BCUT2D eigenvalue weighted by atomic mass is 10.1. The highest BCUT2D eigenvalue weighted by molar-refractivity contribution is 5.67. The molecule has 0 saturated heterocycles. The third-order valence-electron chi connectivity index (χ3n) is 2.84. The van der Waals surface area contributed by atoms with Crippen molar-refractivity contribution in [2.45, 2.75) is 77.7 Å². The largest absolute Gasteiger partial charge is 0.481 e. The molecule has 0 radical (unpaired) electrons. The standard InChI is InChI=1S/C14H28O3/c1-3-5-6-7-8-9-10-13(12-14(15)16)17-11-4-2/h13H,3-12H2,1-2H3,(H,15,16). The van der Waals surface area contributed by atoms with E-state index in [0.717, 1.165) is 19.3 Å². The summed E-state index contributed by atoms with van der Waals surface area (Å²) in [5, 5.41) is 8.78. The fourth-order valence-electron chi connectivity index (χ4n) is 1.88. The molecule has 1 atom stereocenters. The number of ether oxygens (including phenoxy) is 1. The summed E-state index contributed by atoms with van der Waals surface area (Å²) in [5.74, 6) is -0.753. The van der Waals surface area contributed by atoms with Gasteiger partial charge in [-0.15, -0.1) is 0 Å². The molecule has 0 fully saturated rings. The van der Waals surface area contributed by atoms with Crippen molar-refractivity contribution >= 4 is 5.97 Å². The molecule has 0 rings (SSSR count). The van der Waals surface area contributed by atoms with E-state index < -0.39 is 5.97 Å². The number of hydrogen-bond donors (Lipinski definition) is 1. The van der Waals surface area contributed by atoms with Crippen molar-refractivity contribution in [1.82, 2.24) is 0 Å². The number of carboxylic acids is 1. The summed E-state index contributed by atoms with van der Waals surface area (Å²) >= 11 is 0. The first-order valence-electron chi connectivity index (χ1n) is 7.04. The Morgan fingerprint density at radius 1 is 1.06 bits per heavy atom. The van der Waals surface area contributed by atoms with E-state index in [1.54, 1.807) is 0 Å². The van der Waals surface area contributed by atoms with Gasteiger partial charge in [0.2, 0.25) is 0 Å². The first-order chi connectivity index (χ1) is 8.20. The molecule has 3 heteroatoms. The van der Waals surface area contributed by atoms with E-state index in [1.165, 1.54) is 32.1 Å². The summed E-state index contributed by atoms with van der Waals surface area (Å²) in [6.07, 6.45) is 9.33. The minimum Gasteiger partial charge on any atom is -0.481 e. The molecule has 0 aromatic heterocycles. The molecular formula is C14H28O3. The van der Waals surface area contributed by atoms with Gasteiger partial charge in [0.15, 0.2) is 0 Å². The average molecular weight is 244 g/mol. The highest BCUT2D eigenvalue weighted by Crippen LogP contribution is 2.13. The second-order valence-electron chi connectivity index (χ2n) is 4.65. The molecule has 1 unspecified atom stereocenters. The van der Waals surface area contributed by atoms with Gasteiger partial charge in [-0.2, -0.15) is 0 Å². The van der Waals surface area contributed by atoms with Crippen LogP contribution in [-0.4, -0.2) is 23.8 Å². The molecule has 0 amide bonds. The van der Waals surface area contributed by atoms with Crippen molar-refractivity contribution in [2.75, 3.05) is 6.61 Å². The van der Waals surface area contributed by atoms with Crippen LogP contribution in [0.4, 0.5) is 0 Å². The van der Waals surface area contributed by atoms with Gasteiger partial charge in [-0.25, -0.2) is 0 Å². The average Bonchev–Trinajstić information content (AvgIpc) is 2.29. The number of rotatable bonds is 12. The van der Waals surface area contributed by atoms with Crippen LogP contribution in [0.25, 0.3) is 0 Å². The lowest BCUT2D eigenvalue weighted by Crippen LogP contribution is -2.18. The first-order valence-corrected chi connectivity index (χ1v) is 7.04. The predicted molar refractivity (Wildman–Crippen MR) is 70.3 cm³/mol. The fraction of sp³-hybridized carbons (Fsp3) is 0.929. The normalized spacial score (nSPS) is 12.6. The topological polar surface area (TPSA) is 46.5 Å². The van der Waals surface area contributed by atoms with Crippen LogP contribution >= 0.6 is 0 Å². The zero-order chi connectivity index (χ0) is 12.9. The molecule has 0 spiro atoms. The summed E-state index contributed by atoms with van der Waals surface area (Å²) in [5.41, 5.74) is 0. The van der Waals surface area contributed by atoms with E-state index in [9.17, 15) is 4.79 Å². The van der Waals surface area contributed by atoms with Crippen LogP contribution in [0.3, 0.4) is 0 Å². The second-order valence-corrected chi connectivity index (χ2v) is 4.65. The maximum atomic E-state index is 10.7. The van der Waals surface area contributed by atoms with E-state index in [0.29, 0.717) is 6.61 Å². The van der Waals surface area contributed by atoms with Crippen LogP contribution in [0.15, 0.2) is 0 Å². The van der Waals surface area contributed by atoms with Crippen LogP contribution < -0.4 is 0 Å². The van der Waals surface area contributed by atoms with E-state index in [1.807, 2.05) is 6.92 Å². The molecule has 0 aromatic carbocycles. The maximum Gasteiger partial charge on any atom is 0.305 e. The molecule has 0 saturated carbocycles. The Hall–Kier alpha value is -0.570. The van der Waals surface area contributed by atoms with Crippen LogP contribution in [0.1, 0.15) is 71.6 Å². The first kappa shape index (κ1) is 16.4. The van der Waals surface area contributed by atoms with Crippen molar-refractivity contribution in [1.29, 1.82) is 0 Å². The number of hydrogen-bond acceptors (Lipinski definition) is 2. The van der Waals surface area contributed by atoms with Gasteiger partial charge in [0.05, 0.1) is 12.5 Å². The number of carboxylic acid groups (broad SMARTS) is 1. The van der Waals surface area contributed by atoms with Gasteiger partial charge in [0.25, 0.3) is 0 Å². The molecule has 1 N–H and O–H groups in total. The lowest BCUT2D eigenvalue weighted by molar-refractivity contribution is -0.140. The van der Waals surface area contributed by atoms with Gasteiger partial charge in [0, 0.05) is 6.61 Å². The Labute approximate surface area is 106 Å². The summed E-state index contributed by atoms with van der Waals surface area (Å²) in [6, 6.07) is 0. The number of unbranched alkanes of at least 4 members (excludes halogenated alkanes) is 5.